The Balaban J connectivity index is 1.70. The molecule has 1 amide bonds. The van der Waals surface area contributed by atoms with Crippen LogP contribution >= 0.6 is 11.3 Å². The zero-order valence-electron chi connectivity index (χ0n) is 13.9. The van der Waals surface area contributed by atoms with Crippen LogP contribution in [0.5, 0.6) is 5.75 Å². The maximum atomic E-state index is 12.8. The van der Waals surface area contributed by atoms with Crippen LogP contribution in [0.2, 0.25) is 0 Å². The minimum absolute atomic E-state index is 0.121. The van der Waals surface area contributed by atoms with Gasteiger partial charge in [-0.05, 0) is 24.3 Å². The number of anilines is 1. The summed E-state index contributed by atoms with van der Waals surface area (Å²) in [5.41, 5.74) is 1.34. The van der Waals surface area contributed by atoms with Gasteiger partial charge in [0.25, 0.3) is 5.91 Å². The molecule has 0 saturated heterocycles. The summed E-state index contributed by atoms with van der Waals surface area (Å²) >= 11 is 1.12. The summed E-state index contributed by atoms with van der Waals surface area (Å²) in [6.07, 6.45) is 0. The lowest BCUT2D eigenvalue weighted by atomic mass is 10.1. The van der Waals surface area contributed by atoms with E-state index in [1.807, 2.05) is 30.3 Å². The average Bonchev–Trinajstić information content (AvgIpc) is 3.06. The van der Waals surface area contributed by atoms with Crippen molar-refractivity contribution in [2.24, 2.45) is 0 Å². The lowest BCUT2D eigenvalue weighted by Crippen LogP contribution is -2.20. The van der Waals surface area contributed by atoms with Crippen LogP contribution in [0.25, 0.3) is 11.3 Å². The second kappa shape index (κ2) is 7.88. The lowest BCUT2D eigenvalue weighted by molar-refractivity contribution is -0.118. The van der Waals surface area contributed by atoms with Gasteiger partial charge in [-0.3, -0.25) is 14.9 Å². The van der Waals surface area contributed by atoms with Crippen molar-refractivity contribution in [1.29, 1.82) is 0 Å². The second-order valence-corrected chi connectivity index (χ2v) is 6.41. The number of thiazole rings is 1. The van der Waals surface area contributed by atoms with E-state index in [1.165, 1.54) is 31.2 Å². The van der Waals surface area contributed by atoms with Crippen LogP contribution in [0.3, 0.4) is 0 Å². The highest BCUT2D eigenvalue weighted by atomic mass is 32.1. The molecule has 5 nitrogen and oxygen atoms in total. The molecular formula is C19H15FN2O3S. The number of amides is 1. The average molecular weight is 370 g/mol. The summed E-state index contributed by atoms with van der Waals surface area (Å²) in [4.78, 5) is 28.8. The molecule has 0 saturated carbocycles. The minimum atomic E-state index is -0.419. The number of ketones is 1. The van der Waals surface area contributed by atoms with Gasteiger partial charge in [0.05, 0.1) is 10.6 Å². The molecule has 26 heavy (non-hydrogen) atoms. The number of rotatable bonds is 6. The Morgan fingerprint density at radius 3 is 2.46 bits per heavy atom. The molecule has 3 aromatic rings. The second-order valence-electron chi connectivity index (χ2n) is 5.41. The van der Waals surface area contributed by atoms with Crippen LogP contribution in [0, 0.1) is 5.82 Å². The van der Waals surface area contributed by atoms with Crippen molar-refractivity contribution in [2.45, 2.75) is 6.92 Å². The molecule has 0 atom stereocenters. The quantitative estimate of drug-likeness (QED) is 0.661. The van der Waals surface area contributed by atoms with Crippen LogP contribution in [0.15, 0.2) is 54.6 Å². The number of carbonyl (C=O) groups excluding carboxylic acids is 2. The molecule has 0 spiro atoms. The Hall–Kier alpha value is -3.06. The molecule has 0 aliphatic carbocycles. The number of nitrogens with zero attached hydrogens (tertiary/aromatic N) is 1. The molecule has 1 aromatic heterocycles. The molecule has 0 aliphatic rings. The molecule has 0 radical (unpaired) electrons. The predicted molar refractivity (Wildman–Crippen MR) is 98.1 cm³/mol. The lowest BCUT2D eigenvalue weighted by Gasteiger charge is -2.05. The Morgan fingerprint density at radius 1 is 1.12 bits per heavy atom. The van der Waals surface area contributed by atoms with E-state index >= 15 is 0 Å². The first kappa shape index (κ1) is 17.8. The predicted octanol–water partition coefficient (Wildman–Crippen LogP) is 4.17. The minimum Gasteiger partial charge on any atom is -0.484 e. The first-order valence-corrected chi connectivity index (χ1v) is 8.60. The van der Waals surface area contributed by atoms with Crippen LogP contribution in [0.1, 0.15) is 16.6 Å². The molecule has 7 heteroatoms. The molecule has 0 bridgehead atoms. The standard InChI is InChI=1S/C19H15FN2O3S/c1-12(23)18-17(13-5-3-2-4-6-13)22-19(26-18)21-16(24)11-25-15-9-7-14(20)8-10-15/h2-10H,11H2,1H3,(H,21,22,24). The molecule has 132 valence electrons. The molecule has 2 aromatic carbocycles. The number of hydrogen-bond donors (Lipinski definition) is 1. The summed E-state index contributed by atoms with van der Waals surface area (Å²) in [7, 11) is 0. The van der Waals surface area contributed by atoms with E-state index in [0.29, 0.717) is 21.5 Å². The van der Waals surface area contributed by atoms with E-state index in [9.17, 15) is 14.0 Å². The van der Waals surface area contributed by atoms with Gasteiger partial charge >= 0.3 is 0 Å². The normalized spacial score (nSPS) is 10.4. The van der Waals surface area contributed by atoms with Crippen molar-refractivity contribution in [3.63, 3.8) is 0 Å². The molecule has 3 rings (SSSR count). The third kappa shape index (κ3) is 4.31. The van der Waals surface area contributed by atoms with Crippen LogP contribution in [0.4, 0.5) is 9.52 Å². The highest BCUT2D eigenvalue weighted by molar-refractivity contribution is 7.18. The molecule has 1 heterocycles. The Kier molecular flexibility index (Phi) is 5.38. The third-order valence-electron chi connectivity index (χ3n) is 3.42. The molecule has 1 N–H and O–H groups in total. The number of carbonyl (C=O) groups is 2. The summed E-state index contributed by atoms with van der Waals surface area (Å²) < 4.78 is 18.1. The van der Waals surface area contributed by atoms with E-state index in [1.54, 1.807) is 0 Å². The van der Waals surface area contributed by atoms with Crippen molar-refractivity contribution in [3.05, 3.63) is 65.3 Å². The zero-order valence-corrected chi connectivity index (χ0v) is 14.7. The Morgan fingerprint density at radius 2 is 1.81 bits per heavy atom. The van der Waals surface area contributed by atoms with Crippen LogP contribution < -0.4 is 10.1 Å². The van der Waals surface area contributed by atoms with Crippen molar-refractivity contribution in [1.82, 2.24) is 4.98 Å². The number of ether oxygens (including phenoxy) is 1. The van der Waals surface area contributed by atoms with Gasteiger partial charge in [0.1, 0.15) is 11.6 Å². The molecular weight excluding hydrogens is 355 g/mol. The largest absolute Gasteiger partial charge is 0.484 e. The summed E-state index contributed by atoms with van der Waals surface area (Å²) in [6, 6.07) is 14.7. The van der Waals surface area contributed by atoms with Gasteiger partial charge in [0.15, 0.2) is 17.5 Å². The van der Waals surface area contributed by atoms with Gasteiger partial charge in [-0.2, -0.15) is 0 Å². The van der Waals surface area contributed by atoms with Crippen LogP contribution in [-0.4, -0.2) is 23.3 Å². The molecule has 0 unspecified atom stereocenters. The van der Waals surface area contributed by atoms with Gasteiger partial charge in [-0.15, -0.1) is 0 Å². The van der Waals surface area contributed by atoms with E-state index in [4.69, 9.17) is 4.74 Å². The van der Waals surface area contributed by atoms with Crippen molar-refractivity contribution >= 4 is 28.2 Å². The first-order chi connectivity index (χ1) is 12.5. The number of aromatic nitrogens is 1. The van der Waals surface area contributed by atoms with Gasteiger partial charge in [-0.1, -0.05) is 41.7 Å². The molecule has 0 aliphatic heterocycles. The fraction of sp³-hybridized carbons (Fsp3) is 0.105. The highest BCUT2D eigenvalue weighted by Gasteiger charge is 2.18. The summed E-state index contributed by atoms with van der Waals surface area (Å²) in [6.45, 7) is 1.21. The maximum Gasteiger partial charge on any atom is 0.264 e. The van der Waals surface area contributed by atoms with E-state index in [2.05, 4.69) is 10.3 Å². The maximum absolute atomic E-state index is 12.8. The monoisotopic (exact) mass is 370 g/mol. The van der Waals surface area contributed by atoms with Crippen molar-refractivity contribution in [2.75, 3.05) is 11.9 Å². The summed E-state index contributed by atoms with van der Waals surface area (Å²) in [5.74, 6) is -0.535. The number of Topliss-reactive ketones (excluding diaryl/α,β-unsaturated/α-hetero) is 1. The number of benzene rings is 2. The van der Waals surface area contributed by atoms with E-state index < -0.39 is 5.91 Å². The fourth-order valence-electron chi connectivity index (χ4n) is 2.24. The fourth-order valence-corrected chi connectivity index (χ4v) is 3.14. The van der Waals surface area contributed by atoms with Gasteiger partial charge < -0.3 is 4.74 Å². The number of halogens is 1. The molecule has 0 fully saturated rings. The topological polar surface area (TPSA) is 68.3 Å². The van der Waals surface area contributed by atoms with Crippen molar-refractivity contribution < 1.29 is 18.7 Å². The SMILES string of the molecule is CC(=O)c1sc(NC(=O)COc2ccc(F)cc2)nc1-c1ccccc1. The smallest absolute Gasteiger partial charge is 0.264 e. The van der Waals surface area contributed by atoms with Gasteiger partial charge in [0, 0.05) is 12.5 Å². The van der Waals surface area contributed by atoms with Crippen LogP contribution in [-0.2, 0) is 4.79 Å². The number of nitrogens with one attached hydrogen (secondary N) is 1. The van der Waals surface area contributed by atoms with Gasteiger partial charge in [0.2, 0.25) is 0 Å². The van der Waals surface area contributed by atoms with Gasteiger partial charge in [-0.25, -0.2) is 9.37 Å². The highest BCUT2D eigenvalue weighted by Crippen LogP contribution is 2.31. The first-order valence-electron chi connectivity index (χ1n) is 7.78. The third-order valence-corrected chi connectivity index (χ3v) is 4.50. The van der Waals surface area contributed by atoms with E-state index in [0.717, 1.165) is 16.9 Å². The Bertz CT molecular complexity index is 924. The van der Waals surface area contributed by atoms with Crippen molar-refractivity contribution in [3.8, 4) is 17.0 Å². The zero-order chi connectivity index (χ0) is 18.5. The number of hydrogen-bond acceptors (Lipinski definition) is 5. The Labute approximate surface area is 153 Å². The van der Waals surface area contributed by atoms with E-state index in [-0.39, 0.29) is 18.2 Å². The summed E-state index contributed by atoms with van der Waals surface area (Å²) in [5, 5.41) is 2.95.